The Balaban J connectivity index is 2.12. The Morgan fingerprint density at radius 3 is 2.57 bits per heavy atom. The number of nitrogens with one attached hydrogen (secondary N) is 2. The first-order valence-electron chi connectivity index (χ1n) is 11.1. The minimum Gasteiger partial charge on any atom is -0.493 e. The van der Waals surface area contributed by atoms with Crippen LogP contribution in [0.4, 0.5) is 11.6 Å². The van der Waals surface area contributed by atoms with Gasteiger partial charge >= 0.3 is 0 Å². The highest BCUT2D eigenvalue weighted by atomic mass is 35.5. The number of halogens is 1. The molecule has 0 bridgehead atoms. The molecule has 0 fully saturated rings. The summed E-state index contributed by atoms with van der Waals surface area (Å²) in [4.78, 5) is 26.4. The molecule has 3 rings (SSSR count). The number of rotatable bonds is 8. The van der Waals surface area contributed by atoms with E-state index in [1.165, 1.54) is 11.2 Å². The van der Waals surface area contributed by atoms with Crippen molar-refractivity contribution in [3.63, 3.8) is 0 Å². The van der Waals surface area contributed by atoms with Crippen LogP contribution in [0.1, 0.15) is 54.0 Å². The molecule has 0 spiro atoms. The van der Waals surface area contributed by atoms with E-state index in [9.17, 15) is 4.79 Å². The fraction of sp³-hybridized carbons (Fsp3) is 0.320. The number of hydrogen-bond donors (Lipinski definition) is 3. The molecule has 0 aliphatic carbocycles. The molecule has 0 radical (unpaired) electrons. The van der Waals surface area contributed by atoms with Gasteiger partial charge in [-0.05, 0) is 45.4 Å². The number of pyridine rings is 1. The average Bonchev–Trinajstić information content (AvgIpc) is 2.81. The van der Waals surface area contributed by atoms with Gasteiger partial charge in [-0.25, -0.2) is 9.97 Å². The van der Waals surface area contributed by atoms with Crippen LogP contribution in [-0.4, -0.2) is 52.2 Å². The van der Waals surface area contributed by atoms with Gasteiger partial charge in [-0.1, -0.05) is 17.7 Å². The molecule has 1 aromatic carbocycles. The van der Waals surface area contributed by atoms with Gasteiger partial charge < -0.3 is 26.1 Å². The largest absolute Gasteiger partial charge is 0.493 e. The summed E-state index contributed by atoms with van der Waals surface area (Å²) in [6, 6.07) is 5.09. The van der Waals surface area contributed by atoms with Crippen LogP contribution in [0.25, 0.3) is 11.1 Å². The van der Waals surface area contributed by atoms with E-state index < -0.39 is 0 Å². The molecule has 2 aromatic heterocycles. The molecule has 3 aromatic rings. The Hall–Kier alpha value is -3.72. The monoisotopic (exact) mass is 495 g/mol. The van der Waals surface area contributed by atoms with Crippen molar-refractivity contribution in [3.05, 3.63) is 58.1 Å². The number of nitrogens with two attached hydrogens (primary N) is 1. The number of benzene rings is 1. The van der Waals surface area contributed by atoms with Gasteiger partial charge in [-0.3, -0.25) is 9.78 Å². The van der Waals surface area contributed by atoms with Crippen molar-refractivity contribution >= 4 is 34.9 Å². The predicted molar refractivity (Wildman–Crippen MR) is 140 cm³/mol. The maximum absolute atomic E-state index is 12.3. The number of aromatic nitrogens is 3. The summed E-state index contributed by atoms with van der Waals surface area (Å²) >= 11 is 6.67. The Morgan fingerprint density at radius 1 is 1.29 bits per heavy atom. The second-order valence-electron chi connectivity index (χ2n) is 8.31. The van der Waals surface area contributed by atoms with Crippen LogP contribution < -0.4 is 15.8 Å². The lowest BCUT2D eigenvalue weighted by Crippen LogP contribution is -2.22. The van der Waals surface area contributed by atoms with Crippen molar-refractivity contribution in [2.45, 2.75) is 33.7 Å². The van der Waals surface area contributed by atoms with Gasteiger partial charge in [0.15, 0.2) is 0 Å². The Morgan fingerprint density at radius 2 is 2.00 bits per heavy atom. The average molecular weight is 496 g/mol. The maximum Gasteiger partial charge on any atom is 0.271 e. The second kappa shape index (κ2) is 10.7. The molecule has 9 nitrogen and oxygen atoms in total. The van der Waals surface area contributed by atoms with E-state index in [2.05, 4.69) is 20.3 Å². The molecule has 1 unspecified atom stereocenters. The van der Waals surface area contributed by atoms with Gasteiger partial charge in [0, 0.05) is 47.7 Å². The lowest BCUT2D eigenvalue weighted by Gasteiger charge is -2.24. The standard InChI is InChI=1S/C25H30ClN7O2/c1-7-35-22-17(15(4)32-24-21(14(3)27)23(28)30-12-31-24)10-18(26)13(2)20(22)16-8-9-19(29-11-16)25(34)33(5)6/h8-12,15,27H,7H2,1-6H3,(H3,28,30,31,32). The minimum absolute atomic E-state index is 0.177. The van der Waals surface area contributed by atoms with Crippen LogP contribution in [0.15, 0.2) is 30.7 Å². The molecule has 35 heavy (non-hydrogen) atoms. The quantitative estimate of drug-likeness (QED) is 0.384. The molecule has 1 atom stereocenters. The molecule has 4 N–H and O–H groups in total. The Labute approximate surface area is 210 Å². The van der Waals surface area contributed by atoms with E-state index >= 15 is 0 Å². The van der Waals surface area contributed by atoms with E-state index in [4.69, 9.17) is 27.5 Å². The first kappa shape index (κ1) is 25.9. The van der Waals surface area contributed by atoms with Crippen LogP contribution in [0.5, 0.6) is 5.75 Å². The van der Waals surface area contributed by atoms with Crippen LogP contribution in [0.3, 0.4) is 0 Å². The number of hydrogen-bond acceptors (Lipinski definition) is 8. The van der Waals surface area contributed by atoms with E-state index in [0.29, 0.717) is 34.5 Å². The van der Waals surface area contributed by atoms with Crippen molar-refractivity contribution in [1.82, 2.24) is 19.9 Å². The highest BCUT2D eigenvalue weighted by Crippen LogP contribution is 2.43. The lowest BCUT2D eigenvalue weighted by atomic mass is 9.94. The zero-order valence-corrected chi connectivity index (χ0v) is 21.5. The molecule has 2 heterocycles. The third-order valence-corrected chi connectivity index (χ3v) is 5.93. The SMILES string of the molecule is CCOc1c(C(C)Nc2ncnc(N)c2C(C)=N)cc(Cl)c(C)c1-c1ccc(C(=O)N(C)C)nc1. The first-order chi connectivity index (χ1) is 16.6. The fourth-order valence-electron chi connectivity index (χ4n) is 3.77. The van der Waals surface area contributed by atoms with Gasteiger partial charge in [0.2, 0.25) is 0 Å². The normalized spacial score (nSPS) is 11.6. The molecule has 0 aliphatic rings. The highest BCUT2D eigenvalue weighted by molar-refractivity contribution is 6.32. The van der Waals surface area contributed by atoms with Gasteiger partial charge in [-0.15, -0.1) is 0 Å². The summed E-state index contributed by atoms with van der Waals surface area (Å²) in [6.45, 7) is 7.85. The molecule has 0 saturated carbocycles. The topological polar surface area (TPSA) is 130 Å². The van der Waals surface area contributed by atoms with Gasteiger partial charge in [0.25, 0.3) is 5.91 Å². The third kappa shape index (κ3) is 5.35. The predicted octanol–water partition coefficient (Wildman–Crippen LogP) is 4.74. The van der Waals surface area contributed by atoms with E-state index in [1.54, 1.807) is 33.3 Å². The molecule has 184 valence electrons. The maximum atomic E-state index is 12.3. The molecule has 0 aliphatic heterocycles. The van der Waals surface area contributed by atoms with Crippen molar-refractivity contribution in [1.29, 1.82) is 5.41 Å². The summed E-state index contributed by atoms with van der Waals surface area (Å²) in [6.07, 6.45) is 3.01. The smallest absolute Gasteiger partial charge is 0.271 e. The number of carbonyl (C=O) groups is 1. The van der Waals surface area contributed by atoms with E-state index in [1.807, 2.05) is 32.9 Å². The van der Waals surface area contributed by atoms with Crippen molar-refractivity contribution in [3.8, 4) is 16.9 Å². The zero-order valence-electron chi connectivity index (χ0n) is 20.7. The molecule has 10 heteroatoms. The molecular formula is C25H30ClN7O2. The number of nitrogen functional groups attached to an aromatic ring is 1. The van der Waals surface area contributed by atoms with Crippen LogP contribution in [0, 0.1) is 12.3 Å². The molecule has 0 saturated heterocycles. The van der Waals surface area contributed by atoms with Crippen LogP contribution in [0.2, 0.25) is 5.02 Å². The van der Waals surface area contributed by atoms with Gasteiger partial charge in [0.1, 0.15) is 29.4 Å². The summed E-state index contributed by atoms with van der Waals surface area (Å²) < 4.78 is 6.13. The first-order valence-corrected chi connectivity index (χ1v) is 11.5. The second-order valence-corrected chi connectivity index (χ2v) is 8.72. The lowest BCUT2D eigenvalue weighted by molar-refractivity contribution is 0.0822. The Bertz CT molecular complexity index is 1260. The summed E-state index contributed by atoms with van der Waals surface area (Å²) in [5, 5.41) is 12.0. The van der Waals surface area contributed by atoms with Crippen molar-refractivity contribution in [2.24, 2.45) is 0 Å². The van der Waals surface area contributed by atoms with E-state index in [0.717, 1.165) is 22.3 Å². The number of nitrogens with zero attached hydrogens (tertiary/aromatic N) is 4. The van der Waals surface area contributed by atoms with Crippen LogP contribution in [-0.2, 0) is 0 Å². The summed E-state index contributed by atoms with van der Waals surface area (Å²) in [5.41, 5.74) is 10.3. The molecular weight excluding hydrogens is 466 g/mol. The van der Waals surface area contributed by atoms with Gasteiger partial charge in [0.05, 0.1) is 18.2 Å². The van der Waals surface area contributed by atoms with Gasteiger partial charge in [-0.2, -0.15) is 0 Å². The number of amides is 1. The highest BCUT2D eigenvalue weighted by Gasteiger charge is 2.23. The van der Waals surface area contributed by atoms with Crippen molar-refractivity contribution in [2.75, 3.05) is 31.8 Å². The number of ether oxygens (including phenoxy) is 1. The van der Waals surface area contributed by atoms with E-state index in [-0.39, 0.29) is 23.5 Å². The third-order valence-electron chi connectivity index (χ3n) is 5.54. The zero-order chi connectivity index (χ0) is 25.9. The van der Waals surface area contributed by atoms with Crippen molar-refractivity contribution < 1.29 is 9.53 Å². The molecule has 1 amide bonds. The van der Waals surface area contributed by atoms with Crippen LogP contribution >= 0.6 is 11.6 Å². The number of carbonyl (C=O) groups excluding carboxylic acids is 1. The fourth-order valence-corrected chi connectivity index (χ4v) is 3.98. The minimum atomic E-state index is -0.302. The Kier molecular flexibility index (Phi) is 7.91. The summed E-state index contributed by atoms with van der Waals surface area (Å²) in [7, 11) is 3.37. The summed E-state index contributed by atoms with van der Waals surface area (Å²) in [5.74, 6) is 1.15. The number of anilines is 2.